The van der Waals surface area contributed by atoms with Crippen molar-refractivity contribution in [3.05, 3.63) is 29.6 Å². The fraction of sp³-hybridized carbons (Fsp3) is 0.385. The van der Waals surface area contributed by atoms with Crippen LogP contribution < -0.4 is 10.1 Å². The Hall–Kier alpha value is -1.18. The molecule has 2 nitrogen and oxygen atoms in total. The maximum atomic E-state index is 13.3. The van der Waals surface area contributed by atoms with Crippen molar-refractivity contribution in [2.45, 2.75) is 6.54 Å². The van der Waals surface area contributed by atoms with Crippen LogP contribution in [0.3, 0.4) is 0 Å². The Labute approximate surface area is 106 Å². The van der Waals surface area contributed by atoms with Crippen LogP contribution in [0.5, 0.6) is 5.75 Å². The van der Waals surface area contributed by atoms with E-state index in [1.807, 2.05) is 6.07 Å². The van der Waals surface area contributed by atoms with Crippen molar-refractivity contribution in [2.24, 2.45) is 0 Å². The molecule has 1 aromatic rings. The number of benzene rings is 1. The lowest BCUT2D eigenvalue weighted by Gasteiger charge is -2.06. The van der Waals surface area contributed by atoms with E-state index in [2.05, 4.69) is 11.2 Å². The second kappa shape index (κ2) is 7.99. The van der Waals surface area contributed by atoms with Crippen molar-refractivity contribution >= 4 is 11.8 Å². The number of halogens is 1. The molecule has 0 heterocycles. The standard InChI is InChI=1S/C13H16FNOS/c1-3-7-17-8-6-15-10-11-4-5-13(16-2)12(14)9-11/h1,4-5,9,15H,6-8,10H2,2H3. The molecule has 0 aliphatic carbocycles. The Balaban J connectivity index is 2.28. The predicted molar refractivity (Wildman–Crippen MR) is 70.8 cm³/mol. The van der Waals surface area contributed by atoms with Crippen molar-refractivity contribution in [1.29, 1.82) is 0 Å². The Kier molecular flexibility index (Phi) is 6.53. The molecule has 0 fully saturated rings. The highest BCUT2D eigenvalue weighted by atomic mass is 32.2. The van der Waals surface area contributed by atoms with Gasteiger partial charge in [-0.1, -0.05) is 12.0 Å². The number of hydrogen-bond donors (Lipinski definition) is 1. The predicted octanol–water partition coefficient (Wildman–Crippen LogP) is 2.29. The SMILES string of the molecule is C#CCSCCNCc1ccc(OC)c(F)c1. The zero-order valence-electron chi connectivity index (χ0n) is 9.83. The van der Waals surface area contributed by atoms with E-state index in [0.29, 0.717) is 6.54 Å². The van der Waals surface area contributed by atoms with Gasteiger partial charge in [0.05, 0.1) is 12.9 Å². The quantitative estimate of drug-likeness (QED) is 0.595. The number of rotatable bonds is 7. The average molecular weight is 253 g/mol. The minimum Gasteiger partial charge on any atom is -0.494 e. The average Bonchev–Trinajstić information content (AvgIpc) is 2.34. The van der Waals surface area contributed by atoms with Crippen LogP contribution in [0.2, 0.25) is 0 Å². The lowest BCUT2D eigenvalue weighted by Crippen LogP contribution is -2.16. The first-order valence-electron chi connectivity index (χ1n) is 5.32. The third-order valence-corrected chi connectivity index (χ3v) is 3.02. The molecule has 0 unspecified atom stereocenters. The largest absolute Gasteiger partial charge is 0.494 e. The van der Waals surface area contributed by atoms with Gasteiger partial charge < -0.3 is 10.1 Å². The maximum Gasteiger partial charge on any atom is 0.165 e. The van der Waals surface area contributed by atoms with Crippen molar-refractivity contribution in [1.82, 2.24) is 5.32 Å². The molecule has 0 saturated heterocycles. The van der Waals surface area contributed by atoms with Crippen LogP contribution in [0.25, 0.3) is 0 Å². The zero-order valence-corrected chi connectivity index (χ0v) is 10.6. The molecule has 0 aliphatic rings. The Morgan fingerprint density at radius 2 is 2.35 bits per heavy atom. The van der Waals surface area contributed by atoms with Gasteiger partial charge in [-0.15, -0.1) is 18.2 Å². The molecule has 1 aromatic carbocycles. The first kappa shape index (κ1) is 13.9. The minimum absolute atomic E-state index is 0.276. The van der Waals surface area contributed by atoms with Gasteiger partial charge in [0, 0.05) is 18.8 Å². The minimum atomic E-state index is -0.325. The van der Waals surface area contributed by atoms with Gasteiger partial charge in [0.2, 0.25) is 0 Å². The van der Waals surface area contributed by atoms with E-state index >= 15 is 0 Å². The lowest BCUT2D eigenvalue weighted by molar-refractivity contribution is 0.386. The molecule has 0 aromatic heterocycles. The molecular weight excluding hydrogens is 237 g/mol. The summed E-state index contributed by atoms with van der Waals surface area (Å²) < 4.78 is 18.2. The smallest absolute Gasteiger partial charge is 0.165 e. The number of thioether (sulfide) groups is 1. The molecule has 0 aliphatic heterocycles. The number of hydrogen-bond acceptors (Lipinski definition) is 3. The molecular formula is C13H16FNOS. The van der Waals surface area contributed by atoms with Gasteiger partial charge in [0.15, 0.2) is 11.6 Å². The fourth-order valence-electron chi connectivity index (χ4n) is 1.33. The van der Waals surface area contributed by atoms with Gasteiger partial charge >= 0.3 is 0 Å². The highest BCUT2D eigenvalue weighted by Gasteiger charge is 2.02. The zero-order chi connectivity index (χ0) is 12.5. The third kappa shape index (κ3) is 5.12. The Morgan fingerprint density at radius 3 is 3.00 bits per heavy atom. The number of methoxy groups -OCH3 is 1. The van der Waals surface area contributed by atoms with E-state index in [4.69, 9.17) is 11.2 Å². The van der Waals surface area contributed by atoms with E-state index in [0.717, 1.165) is 23.6 Å². The summed E-state index contributed by atoms with van der Waals surface area (Å²) in [6, 6.07) is 4.98. The molecule has 1 rings (SSSR count). The van der Waals surface area contributed by atoms with Crippen LogP contribution >= 0.6 is 11.8 Å². The highest BCUT2D eigenvalue weighted by molar-refractivity contribution is 7.99. The number of ether oxygens (including phenoxy) is 1. The first-order valence-corrected chi connectivity index (χ1v) is 6.47. The molecule has 92 valence electrons. The van der Waals surface area contributed by atoms with Gasteiger partial charge in [-0.2, -0.15) is 0 Å². The normalized spacial score (nSPS) is 9.94. The monoisotopic (exact) mass is 253 g/mol. The Morgan fingerprint density at radius 1 is 1.53 bits per heavy atom. The van der Waals surface area contributed by atoms with Crippen LogP contribution in [-0.4, -0.2) is 25.2 Å². The molecule has 1 N–H and O–H groups in total. The van der Waals surface area contributed by atoms with Crippen LogP contribution in [0.1, 0.15) is 5.56 Å². The molecule has 0 bridgehead atoms. The Bertz CT molecular complexity index is 389. The fourth-order valence-corrected chi connectivity index (χ4v) is 1.88. The van der Waals surface area contributed by atoms with Crippen LogP contribution in [0, 0.1) is 18.2 Å². The van der Waals surface area contributed by atoms with Crippen molar-refractivity contribution < 1.29 is 9.13 Å². The summed E-state index contributed by atoms with van der Waals surface area (Å²) in [6.07, 6.45) is 5.13. The molecule has 0 atom stereocenters. The van der Waals surface area contributed by atoms with E-state index in [1.165, 1.54) is 13.2 Å². The molecule has 0 amide bonds. The first-order chi connectivity index (χ1) is 8.27. The summed E-state index contributed by atoms with van der Waals surface area (Å²) in [5.41, 5.74) is 0.908. The topological polar surface area (TPSA) is 21.3 Å². The van der Waals surface area contributed by atoms with E-state index < -0.39 is 0 Å². The summed E-state index contributed by atoms with van der Waals surface area (Å²) in [7, 11) is 1.46. The van der Waals surface area contributed by atoms with E-state index in [-0.39, 0.29) is 11.6 Å². The molecule has 0 radical (unpaired) electrons. The second-order valence-electron chi connectivity index (χ2n) is 3.40. The van der Waals surface area contributed by atoms with E-state index in [9.17, 15) is 4.39 Å². The molecule has 0 spiro atoms. The summed E-state index contributed by atoms with van der Waals surface area (Å²) in [5.74, 6) is 4.22. The highest BCUT2D eigenvalue weighted by Crippen LogP contribution is 2.17. The molecule has 0 saturated carbocycles. The number of terminal acetylenes is 1. The molecule has 4 heteroatoms. The maximum absolute atomic E-state index is 13.3. The van der Waals surface area contributed by atoms with Gasteiger partial charge in [0.25, 0.3) is 0 Å². The molecule has 17 heavy (non-hydrogen) atoms. The van der Waals surface area contributed by atoms with Crippen molar-refractivity contribution in [3.63, 3.8) is 0 Å². The van der Waals surface area contributed by atoms with Crippen molar-refractivity contribution in [3.8, 4) is 18.1 Å². The number of nitrogens with one attached hydrogen (secondary N) is 1. The third-order valence-electron chi connectivity index (χ3n) is 2.15. The van der Waals surface area contributed by atoms with Gasteiger partial charge in [0.1, 0.15) is 0 Å². The second-order valence-corrected chi connectivity index (χ2v) is 4.51. The van der Waals surface area contributed by atoms with Gasteiger partial charge in [-0.25, -0.2) is 4.39 Å². The summed E-state index contributed by atoms with van der Waals surface area (Å²) >= 11 is 1.70. The lowest BCUT2D eigenvalue weighted by atomic mass is 10.2. The summed E-state index contributed by atoms with van der Waals surface area (Å²) in [6.45, 7) is 1.51. The van der Waals surface area contributed by atoms with Gasteiger partial charge in [-0.05, 0) is 17.7 Å². The van der Waals surface area contributed by atoms with Crippen LogP contribution in [-0.2, 0) is 6.54 Å². The van der Waals surface area contributed by atoms with Crippen LogP contribution in [0.15, 0.2) is 18.2 Å². The summed E-state index contributed by atoms with van der Waals surface area (Å²) in [4.78, 5) is 0. The van der Waals surface area contributed by atoms with Crippen LogP contribution in [0.4, 0.5) is 4.39 Å². The van der Waals surface area contributed by atoms with Crippen molar-refractivity contribution in [2.75, 3.05) is 25.2 Å². The summed E-state index contributed by atoms with van der Waals surface area (Å²) in [5, 5.41) is 3.23. The van der Waals surface area contributed by atoms with Gasteiger partial charge in [-0.3, -0.25) is 0 Å². The van der Waals surface area contributed by atoms with E-state index in [1.54, 1.807) is 17.8 Å².